The van der Waals surface area contributed by atoms with E-state index in [2.05, 4.69) is 0 Å². The van der Waals surface area contributed by atoms with Gasteiger partial charge in [-0.1, -0.05) is 110 Å². The summed E-state index contributed by atoms with van der Waals surface area (Å²) in [5, 5.41) is 66.6. The first-order chi connectivity index (χ1) is 99.5. The lowest BCUT2D eigenvalue weighted by Crippen LogP contribution is -2.48. The molecule has 142 heavy (non-hydrogen) atoms. The lowest BCUT2D eigenvalue weighted by atomic mass is 9.75. The van der Waals surface area contributed by atoms with E-state index in [1.165, 1.54) is 47.6 Å². The van der Waals surface area contributed by atoms with Crippen molar-refractivity contribution in [3.05, 3.63) is 139 Å². The molecular formula is C118H182N6O18. The minimum Gasteiger partial charge on any atom is -0.493 e. The molecule has 6 aromatic rings. The van der Waals surface area contributed by atoms with Gasteiger partial charge in [0, 0.05) is 195 Å². The molecule has 18 rings (SSSR count). The molecule has 6 aromatic carbocycles. The molecule has 792 valence electrons. The summed E-state index contributed by atoms with van der Waals surface area (Å²) in [5.41, 5.74) is -16.9. The van der Waals surface area contributed by atoms with Crippen LogP contribution in [0, 0.1) is 69.0 Å². The lowest BCUT2D eigenvalue weighted by molar-refractivity contribution is -0.0259. The number of ether oxygens (including phenoxy) is 12. The Hall–Kier alpha value is -7.56. The van der Waals surface area contributed by atoms with E-state index >= 15 is 0 Å². The van der Waals surface area contributed by atoms with Gasteiger partial charge in [0.05, 0.1) is 152 Å². The topological polar surface area (TPSA) is 252 Å². The summed E-state index contributed by atoms with van der Waals surface area (Å²) in [4.78, 5) is 5.37. The van der Waals surface area contributed by atoms with Crippen molar-refractivity contribution in [1.82, 2.24) is 29.4 Å². The third-order valence-corrected chi connectivity index (χ3v) is 25.0. The molecule has 12 aliphatic heterocycles. The predicted octanol–water partition coefficient (Wildman–Crippen LogP) is 19.7. The highest BCUT2D eigenvalue weighted by molar-refractivity contribution is 5.55. The molecule has 6 N–H and O–H groups in total. The molecule has 0 aromatic heterocycles. The van der Waals surface area contributed by atoms with E-state index < -0.39 is 519 Å². The van der Waals surface area contributed by atoms with E-state index in [0.717, 1.165) is 59.7 Å². The molecule has 6 saturated heterocycles. The SMILES string of the molecule is [2H]c1c(OC([2H])([2H])[2H])c(OC)c([2H])c2c1C1CC(O)C(C([2H])([2H])C(C)(C([2H])([2H])[2H])C([2H])([2H])[2H])CN1C([2H])([2H])C2([2H])[2H].[2H]c1c(OC([2H])([2H])[2H])c(OC)c([2H])c2c1C1CC(O)C(C([2H])([2H])C(C)(C([2H])([2H])[2H])C([2H])([2H])[2H])CN1C([2H])([2H])C2([2H])[2H].[2H]c1c(OC([2H])([2H])[2H])c(OC)c([2H])c2c1C1CC(O)C(CC(C)C)CN1C([2H])([2H])C2([2H])[2H].[2H]c1c(OC)c(OC)c([2H])c2c1C1CC(O)C(C([2H])([2H])C(C)(C([2H])([2H])[2H])C([2H])([2H])[2H])CN1C([2H])([2H])C2([2H])[2H].[2H]c1c(OC)c(OC)c([2H])c2c1C1CC(O)C(C([2H])([2H])C(C)(C([2H])([2H])[2H])C([2H])([2H])[2H])CN1C([2H])([2H])C2([2H])[2H].[2H]c1c(OC)c(OC)c([2H])c2c1C1N(CC([2H])(CC(C)C)C([2H])(O)C1([2H])[2H])C([2H])([2H])C2([2H])[2H]. The van der Waals surface area contributed by atoms with Crippen LogP contribution in [-0.2, 0) is 38.2 Å². The van der Waals surface area contributed by atoms with Crippen LogP contribution in [0.5, 0.6) is 69.0 Å². The number of piperidine rings is 6. The normalized spacial score (nSPS) is 42.8. The maximum atomic E-state index is 11.2. The van der Waals surface area contributed by atoms with Crippen molar-refractivity contribution in [1.29, 1.82) is 0 Å². The summed E-state index contributed by atoms with van der Waals surface area (Å²) >= 11 is 0. The molecule has 0 spiro atoms. The minimum atomic E-state index is -3.41. The van der Waals surface area contributed by atoms with Crippen LogP contribution < -0.4 is 56.8 Å². The van der Waals surface area contributed by atoms with Crippen molar-refractivity contribution in [3.8, 4) is 69.0 Å². The van der Waals surface area contributed by atoms with Crippen molar-refractivity contribution in [2.45, 2.75) is 298 Å². The molecule has 0 saturated carbocycles. The van der Waals surface area contributed by atoms with Crippen LogP contribution in [0.1, 0.15) is 401 Å². The van der Waals surface area contributed by atoms with Crippen molar-refractivity contribution >= 4 is 0 Å². The fraction of sp³-hybridized carbons (Fsp3) is 0.695. The molecule has 18 atom stereocenters. The average Bonchev–Trinajstić information content (AvgIpc) is 0.662. The Morgan fingerprint density at radius 1 is 0.303 bits per heavy atom. The summed E-state index contributed by atoms with van der Waals surface area (Å²) in [7, 11) is 1.16. The summed E-state index contributed by atoms with van der Waals surface area (Å²) in [6.07, 6.45) is -46.1. The maximum Gasteiger partial charge on any atom is 0.161 e. The second-order valence-corrected chi connectivity index (χ2v) is 37.2. The zero-order chi connectivity index (χ0) is 173. The molecule has 0 radical (unpaired) electrons. The highest BCUT2D eigenvalue weighted by Gasteiger charge is 2.48. The molecule has 12 aliphatic rings. The zero-order valence-electron chi connectivity index (χ0n) is 163. The van der Waals surface area contributed by atoms with Gasteiger partial charge in [-0.15, -0.1) is 0 Å². The minimum absolute atomic E-state index is 0.0187. The van der Waals surface area contributed by atoms with Crippen molar-refractivity contribution in [2.75, 3.05) is 163 Å². The van der Waals surface area contributed by atoms with Crippen LogP contribution in [0.4, 0.5) is 0 Å². The Balaban J connectivity index is 0.000000213. The Morgan fingerprint density at radius 2 is 0.500 bits per heavy atom. The number of hydrogen-bond donors (Lipinski definition) is 6. The maximum absolute atomic E-state index is 11.2. The standard InChI is InChI=1S/4C20H31NO3.2C19H29NO3/c4*1-20(2,3)11-14-12-21-7-6-13-8-18(23-4)19(24-5)9-15(13)16(21)10-17(14)22;2*1-12(2)7-14-11-20-6-5-13-8-18(22-3)19(23-4)9-15(13)16(20)10-17(14)21/h4*8-9,14,16-17,22H,6-7,10-12H2,1-5H3;2*8-9,12,14,16-17,21H,5-7,10-11H2,1-4H3/i2*1D3,2D3,5D3,6D2,7D2,8D,9D,11D2;2*1D3,2D3,6D2,7D2,8D,9D,11D2;5D2,6D2,8D,9D,10D2,14D,17D;4D3,5D2,6D2,8D,9D. The number of aliphatic hydroxyl groups excluding tert-OH is 5. The molecule has 0 aliphatic carbocycles. The van der Waals surface area contributed by atoms with Gasteiger partial charge in [-0.05, 0) is 323 Å². The Labute approximate surface area is 966 Å². The van der Waals surface area contributed by atoms with E-state index in [9.17, 15) is 30.6 Å². The first-order valence-corrected chi connectivity index (χ1v) is 45.7. The van der Waals surface area contributed by atoms with Crippen LogP contribution in [-0.4, -0.2) is 260 Å². The number of aliphatic hydroxyl groups is 6. The van der Waals surface area contributed by atoms with E-state index in [1.54, 1.807) is 13.8 Å². The van der Waals surface area contributed by atoms with Crippen molar-refractivity contribution in [2.24, 2.45) is 69.0 Å². The molecule has 24 nitrogen and oxygen atoms in total. The van der Waals surface area contributed by atoms with Crippen molar-refractivity contribution < 1.29 is 199 Å². The smallest absolute Gasteiger partial charge is 0.161 e. The van der Waals surface area contributed by atoms with Crippen LogP contribution in [0.3, 0.4) is 0 Å². The van der Waals surface area contributed by atoms with Gasteiger partial charge in [-0.25, -0.2) is 0 Å². The molecule has 0 bridgehead atoms. The van der Waals surface area contributed by atoms with Gasteiger partial charge >= 0.3 is 0 Å². The number of fused-ring (bicyclic) bond motifs is 18. The molecule has 6 fully saturated rings. The monoisotopic (exact) mass is 2050 g/mol. The van der Waals surface area contributed by atoms with E-state index in [0.29, 0.717) is 20.3 Å². The van der Waals surface area contributed by atoms with Gasteiger partial charge in [0.2, 0.25) is 0 Å². The first kappa shape index (κ1) is 46.3. The molecule has 18 unspecified atom stereocenters. The summed E-state index contributed by atoms with van der Waals surface area (Å²) in [5.74, 6) is -15.0. The summed E-state index contributed by atoms with van der Waals surface area (Å²) in [6, 6.07) is -15.4. The highest BCUT2D eigenvalue weighted by atomic mass is 16.5. The van der Waals surface area contributed by atoms with E-state index in [1.807, 2.05) is 13.8 Å². The number of hydrogen-bond acceptors (Lipinski definition) is 24. The van der Waals surface area contributed by atoms with Crippen LogP contribution in [0.25, 0.3) is 0 Å². The van der Waals surface area contributed by atoms with Gasteiger partial charge < -0.3 is 87.5 Å². The lowest BCUT2D eigenvalue weighted by Gasteiger charge is -2.47. The van der Waals surface area contributed by atoms with E-state index in [4.69, 9.17) is 168 Å². The fourth-order valence-electron chi connectivity index (χ4n) is 18.7. The largest absolute Gasteiger partial charge is 0.493 e. The molecular weight excluding hydrogens is 1790 g/mol. The second kappa shape index (κ2) is 48.2. The highest BCUT2D eigenvalue weighted by Crippen LogP contribution is 2.53. The third-order valence-electron chi connectivity index (χ3n) is 25.0. The zero-order valence-corrected chi connectivity index (χ0v) is 81.9. The fourth-order valence-corrected chi connectivity index (χ4v) is 18.7. The van der Waals surface area contributed by atoms with E-state index in [-0.39, 0.29) is 93.9 Å². The number of methoxy groups -OCH3 is 12. The summed E-state index contributed by atoms with van der Waals surface area (Å²) in [6.45, 7) is -38.2. The van der Waals surface area contributed by atoms with Crippen LogP contribution in [0.15, 0.2) is 72.5 Å². The average molecular weight is 2050 g/mol. The predicted molar refractivity (Wildman–Crippen MR) is 565 cm³/mol. The first-order valence-electron chi connectivity index (χ1n) is 86.2. The van der Waals surface area contributed by atoms with Crippen molar-refractivity contribution in [3.63, 3.8) is 0 Å². The Bertz CT molecular complexity index is 8620. The summed E-state index contributed by atoms with van der Waals surface area (Å²) < 4.78 is 733. The number of nitrogens with zero attached hydrogens (tertiary/aromatic N) is 6. The third kappa shape index (κ3) is 27.1. The van der Waals surface area contributed by atoms with Gasteiger partial charge in [0.25, 0.3) is 0 Å². The Morgan fingerprint density at radius 3 is 0.711 bits per heavy atom. The quantitative estimate of drug-likeness (QED) is 0.0415. The van der Waals surface area contributed by atoms with Gasteiger partial charge in [-0.2, -0.15) is 0 Å². The molecule has 12 heterocycles. The molecule has 24 heteroatoms. The van der Waals surface area contributed by atoms with Crippen LogP contribution >= 0.6 is 0 Å². The van der Waals surface area contributed by atoms with Gasteiger partial charge in [0.1, 0.15) is 0 Å². The van der Waals surface area contributed by atoms with Gasteiger partial charge in [0.15, 0.2) is 69.0 Å². The molecule has 0 amide bonds. The van der Waals surface area contributed by atoms with Gasteiger partial charge in [-0.3, -0.25) is 29.4 Å². The van der Waals surface area contributed by atoms with Crippen LogP contribution in [0.2, 0.25) is 0 Å². The second-order valence-electron chi connectivity index (χ2n) is 37.2. The number of rotatable bonds is 20. The Kier molecular flexibility index (Phi) is 15.7. The number of benzene rings is 6.